The number of nitrogens with one attached hydrogen (secondary N) is 1. The Labute approximate surface area is 264 Å². The summed E-state index contributed by atoms with van der Waals surface area (Å²) in [4.78, 5) is 57.3. The molecule has 1 aromatic heterocycles. The monoisotopic (exact) mass is 652 g/mol. The minimum absolute atomic E-state index is 0.171. The zero-order valence-electron chi connectivity index (χ0n) is 24.3. The van der Waals surface area contributed by atoms with Gasteiger partial charge in [-0.3, -0.25) is 23.7 Å². The molecule has 0 radical (unpaired) electrons. The van der Waals surface area contributed by atoms with Gasteiger partial charge in [-0.05, 0) is 54.4 Å². The fourth-order valence-electron chi connectivity index (χ4n) is 5.72. The van der Waals surface area contributed by atoms with Crippen molar-refractivity contribution in [2.75, 3.05) is 29.2 Å². The number of para-hydroxylation sites is 1. The van der Waals surface area contributed by atoms with E-state index in [0.29, 0.717) is 21.2 Å². The predicted octanol–water partition coefficient (Wildman–Crippen LogP) is 5.74. The lowest BCUT2D eigenvalue weighted by atomic mass is 9.83. The number of fused-ring (bicyclic) bond motifs is 2. The molecular formula is C32H27F3N4O4S2. The van der Waals surface area contributed by atoms with Crippen LogP contribution in [0.2, 0.25) is 0 Å². The quantitative estimate of drug-likeness (QED) is 0.268. The lowest BCUT2D eigenvalue weighted by Gasteiger charge is -2.31. The Morgan fingerprint density at radius 3 is 2.33 bits per heavy atom. The Hall–Kier alpha value is -4.36. The third-order valence-electron chi connectivity index (χ3n) is 7.97. The number of thiazole rings is 1. The van der Waals surface area contributed by atoms with Crippen molar-refractivity contribution in [3.8, 4) is 0 Å². The maximum Gasteiger partial charge on any atom is 0.416 e. The van der Waals surface area contributed by atoms with Gasteiger partial charge in [0.15, 0.2) is 0 Å². The minimum atomic E-state index is -4.67. The molecule has 0 spiro atoms. The number of nitrogens with zero attached hydrogens (tertiary/aromatic N) is 3. The lowest BCUT2D eigenvalue weighted by molar-refractivity contribution is -0.137. The zero-order valence-corrected chi connectivity index (χ0v) is 25.9. The molecule has 1 fully saturated rings. The fourth-order valence-corrected chi connectivity index (χ4v) is 8.49. The number of hydrogen-bond donors (Lipinski definition) is 1. The lowest BCUT2D eigenvalue weighted by Crippen LogP contribution is -2.33. The van der Waals surface area contributed by atoms with E-state index in [0.717, 1.165) is 57.4 Å². The molecule has 2 unspecified atom stereocenters. The maximum absolute atomic E-state index is 14.0. The minimum Gasteiger partial charge on any atom is -0.378 e. The van der Waals surface area contributed by atoms with Gasteiger partial charge in [-0.25, -0.2) is 4.90 Å². The van der Waals surface area contributed by atoms with Crippen LogP contribution in [-0.4, -0.2) is 41.6 Å². The second-order valence-electron chi connectivity index (χ2n) is 11.1. The first kappa shape index (κ1) is 30.7. The second-order valence-corrected chi connectivity index (χ2v) is 13.2. The molecule has 45 heavy (non-hydrogen) atoms. The normalized spacial score (nSPS) is 19.3. The van der Waals surface area contributed by atoms with E-state index in [1.165, 1.54) is 10.6 Å². The molecular weight excluding hydrogens is 626 g/mol. The van der Waals surface area contributed by atoms with E-state index in [1.54, 1.807) is 12.1 Å². The second kappa shape index (κ2) is 11.5. The summed E-state index contributed by atoms with van der Waals surface area (Å²) in [6.07, 6.45) is -4.67. The van der Waals surface area contributed by atoms with E-state index in [-0.39, 0.29) is 12.2 Å². The molecule has 0 saturated carbocycles. The number of benzene rings is 3. The average Bonchev–Trinajstić information content (AvgIpc) is 3.44. The SMILES string of the molecule is Cc1ccccc1NC(=O)Cn1c2c(sc1=O)[C@H](c1ccc(N(C)C)cc1)C1C(=O)N(c3cccc(C(F)(F)F)c3)C(=O)C1S2. The van der Waals surface area contributed by atoms with Crippen LogP contribution in [0, 0.1) is 12.8 Å². The van der Waals surface area contributed by atoms with Crippen LogP contribution in [-0.2, 0) is 27.1 Å². The van der Waals surface area contributed by atoms with Crippen molar-refractivity contribution in [1.82, 2.24) is 4.57 Å². The predicted molar refractivity (Wildman–Crippen MR) is 168 cm³/mol. The number of anilines is 3. The van der Waals surface area contributed by atoms with Crippen LogP contribution in [0.5, 0.6) is 0 Å². The Bertz CT molecular complexity index is 1880. The highest BCUT2D eigenvalue weighted by molar-refractivity contribution is 8.00. The first-order valence-corrected chi connectivity index (χ1v) is 15.6. The fraction of sp³-hybridized carbons (Fsp3) is 0.250. The van der Waals surface area contributed by atoms with Crippen LogP contribution in [0.4, 0.5) is 30.2 Å². The molecule has 3 heterocycles. The van der Waals surface area contributed by atoms with E-state index >= 15 is 0 Å². The number of aryl methyl sites for hydroxylation is 1. The van der Waals surface area contributed by atoms with Crippen molar-refractivity contribution in [3.05, 3.63) is 104 Å². The molecule has 3 aromatic carbocycles. The molecule has 1 saturated heterocycles. The number of halogens is 3. The standard InChI is InChI=1S/C32H27F3N4O4S2/c1-17-7-4-5-10-22(17)36-23(40)16-38-30-27(45-31(38)43)24(18-11-13-20(14-12-18)37(2)3)25-26(44-30)29(42)39(28(25)41)21-9-6-8-19(15-21)32(33,34)35/h4-15,24-26H,16H2,1-3H3,(H,36,40)/t24-,25?,26?/m1/s1. The van der Waals surface area contributed by atoms with Crippen molar-refractivity contribution < 1.29 is 27.6 Å². The number of hydrogen-bond acceptors (Lipinski definition) is 7. The van der Waals surface area contributed by atoms with Gasteiger partial charge in [0.1, 0.15) is 11.8 Å². The van der Waals surface area contributed by atoms with Gasteiger partial charge in [0.25, 0.3) is 0 Å². The van der Waals surface area contributed by atoms with Gasteiger partial charge >= 0.3 is 11.0 Å². The maximum atomic E-state index is 14.0. The number of aromatic nitrogens is 1. The summed E-state index contributed by atoms with van der Waals surface area (Å²) in [7, 11) is 3.75. The molecule has 0 bridgehead atoms. The average molecular weight is 653 g/mol. The molecule has 3 atom stereocenters. The number of thioether (sulfide) groups is 1. The van der Waals surface area contributed by atoms with Gasteiger partial charge in [0.2, 0.25) is 17.7 Å². The molecule has 2 aliphatic heterocycles. The third kappa shape index (κ3) is 5.54. The van der Waals surface area contributed by atoms with Gasteiger partial charge in [0, 0.05) is 36.3 Å². The Morgan fingerprint density at radius 2 is 1.67 bits per heavy atom. The highest BCUT2D eigenvalue weighted by Crippen LogP contribution is 2.54. The number of carbonyl (C=O) groups is 3. The highest BCUT2D eigenvalue weighted by atomic mass is 32.2. The topological polar surface area (TPSA) is 91.7 Å². The molecule has 232 valence electrons. The van der Waals surface area contributed by atoms with Gasteiger partial charge in [-0.15, -0.1) is 0 Å². The van der Waals surface area contributed by atoms with Crippen molar-refractivity contribution in [1.29, 1.82) is 0 Å². The molecule has 1 N–H and O–H groups in total. The molecule has 2 aliphatic rings. The molecule has 3 amide bonds. The van der Waals surface area contributed by atoms with Crippen molar-refractivity contribution >= 4 is 57.9 Å². The van der Waals surface area contributed by atoms with Crippen LogP contribution in [0.15, 0.2) is 82.6 Å². The number of imide groups is 1. The van der Waals surface area contributed by atoms with Gasteiger partial charge in [-0.1, -0.05) is 59.5 Å². The smallest absolute Gasteiger partial charge is 0.378 e. The highest BCUT2D eigenvalue weighted by Gasteiger charge is 2.57. The van der Waals surface area contributed by atoms with Gasteiger partial charge in [-0.2, -0.15) is 13.2 Å². The third-order valence-corrected chi connectivity index (χ3v) is 10.6. The summed E-state index contributed by atoms with van der Waals surface area (Å²) in [6, 6.07) is 18.7. The number of amides is 3. The van der Waals surface area contributed by atoms with Gasteiger partial charge in [0.05, 0.1) is 22.2 Å². The largest absolute Gasteiger partial charge is 0.416 e. The first-order chi connectivity index (χ1) is 21.3. The van der Waals surface area contributed by atoms with Crippen molar-refractivity contribution in [3.63, 3.8) is 0 Å². The molecule has 8 nitrogen and oxygen atoms in total. The number of carbonyl (C=O) groups excluding carboxylic acids is 3. The van der Waals surface area contributed by atoms with Crippen molar-refractivity contribution in [2.45, 2.75) is 35.8 Å². The molecule has 0 aliphatic carbocycles. The zero-order chi connectivity index (χ0) is 32.2. The number of rotatable bonds is 6. The van der Waals surface area contributed by atoms with E-state index in [1.807, 2.05) is 62.3 Å². The Morgan fingerprint density at radius 1 is 0.956 bits per heavy atom. The van der Waals surface area contributed by atoms with E-state index < -0.39 is 51.4 Å². The molecule has 4 aromatic rings. The molecule has 13 heteroatoms. The summed E-state index contributed by atoms with van der Waals surface area (Å²) in [5, 5.41) is 2.18. The summed E-state index contributed by atoms with van der Waals surface area (Å²) >= 11 is 1.91. The summed E-state index contributed by atoms with van der Waals surface area (Å²) in [5.41, 5.74) is 1.84. The Balaban J connectivity index is 1.42. The van der Waals surface area contributed by atoms with Crippen LogP contribution in [0.3, 0.4) is 0 Å². The molecule has 6 rings (SSSR count). The summed E-state index contributed by atoms with van der Waals surface area (Å²) < 4.78 is 41.9. The number of alkyl halides is 3. The van der Waals surface area contributed by atoms with Crippen LogP contribution in [0.25, 0.3) is 0 Å². The van der Waals surface area contributed by atoms with Crippen LogP contribution < -0.4 is 20.0 Å². The summed E-state index contributed by atoms with van der Waals surface area (Å²) in [5.74, 6) is -3.49. The van der Waals surface area contributed by atoms with Gasteiger partial charge < -0.3 is 10.2 Å². The van der Waals surface area contributed by atoms with Crippen molar-refractivity contribution in [2.24, 2.45) is 5.92 Å². The summed E-state index contributed by atoms with van der Waals surface area (Å²) in [6.45, 7) is 1.52. The van der Waals surface area contributed by atoms with Crippen LogP contribution >= 0.6 is 23.1 Å². The van der Waals surface area contributed by atoms with E-state index in [9.17, 15) is 32.3 Å². The van der Waals surface area contributed by atoms with E-state index in [2.05, 4.69) is 5.32 Å². The Kier molecular flexibility index (Phi) is 7.86. The first-order valence-electron chi connectivity index (χ1n) is 13.9. The van der Waals surface area contributed by atoms with Crippen LogP contribution in [0.1, 0.15) is 27.5 Å². The van der Waals surface area contributed by atoms with E-state index in [4.69, 9.17) is 0 Å².